The summed E-state index contributed by atoms with van der Waals surface area (Å²) in [6.45, 7) is 2.68. The third-order valence-corrected chi connectivity index (χ3v) is 5.64. The predicted octanol–water partition coefficient (Wildman–Crippen LogP) is 6.06. The van der Waals surface area contributed by atoms with E-state index in [2.05, 4.69) is 0 Å². The fraction of sp³-hybridized carbons (Fsp3) is 0.238. The van der Waals surface area contributed by atoms with Gasteiger partial charge in [-0.2, -0.15) is 0 Å². The second-order valence-corrected chi connectivity index (χ2v) is 7.98. The zero-order valence-electron chi connectivity index (χ0n) is 15.3. The van der Waals surface area contributed by atoms with E-state index in [1.807, 2.05) is 37.3 Å². The van der Waals surface area contributed by atoms with Gasteiger partial charge < -0.3 is 4.74 Å². The molecule has 2 aromatic rings. The molecular weight excluding hydrogens is 417 g/mol. The Labute approximate surface area is 178 Å². The molecule has 28 heavy (non-hydrogen) atoms. The van der Waals surface area contributed by atoms with Crippen LogP contribution in [0.2, 0.25) is 10.0 Å². The van der Waals surface area contributed by atoms with Gasteiger partial charge in [0.25, 0.3) is 11.1 Å². The zero-order chi connectivity index (χ0) is 20.1. The van der Waals surface area contributed by atoms with E-state index in [9.17, 15) is 9.59 Å². The smallest absolute Gasteiger partial charge is 0.293 e. The van der Waals surface area contributed by atoms with Crippen molar-refractivity contribution in [3.8, 4) is 5.75 Å². The molecule has 2 amide bonds. The minimum absolute atomic E-state index is 0.257. The van der Waals surface area contributed by atoms with Gasteiger partial charge in [0.15, 0.2) is 5.75 Å². The summed E-state index contributed by atoms with van der Waals surface area (Å²) in [5.74, 6) is 0.126. The molecule has 0 saturated carbocycles. The summed E-state index contributed by atoms with van der Waals surface area (Å²) in [4.78, 5) is 26.5. The molecule has 0 aromatic heterocycles. The molecule has 0 aliphatic carbocycles. The molecule has 1 aliphatic rings. The highest BCUT2D eigenvalue weighted by Gasteiger charge is 2.34. The fourth-order valence-electron chi connectivity index (χ4n) is 2.88. The summed E-state index contributed by atoms with van der Waals surface area (Å²) in [5.41, 5.74) is 1.83. The molecule has 0 radical (unpaired) electrons. The van der Waals surface area contributed by atoms with Crippen LogP contribution in [0.15, 0.2) is 47.4 Å². The number of carbonyl (C=O) groups excluding carboxylic acids is 2. The lowest BCUT2D eigenvalue weighted by atomic mass is 10.1. The van der Waals surface area contributed by atoms with Gasteiger partial charge in [0, 0.05) is 6.54 Å². The van der Waals surface area contributed by atoms with Crippen molar-refractivity contribution >= 4 is 52.2 Å². The Morgan fingerprint density at radius 3 is 2.43 bits per heavy atom. The molecule has 0 unspecified atom stereocenters. The highest BCUT2D eigenvalue weighted by molar-refractivity contribution is 8.18. The Bertz CT molecular complexity index is 892. The molecule has 2 aromatic carbocycles. The number of aryl methyl sites for hydroxylation is 1. The number of hydrogen-bond acceptors (Lipinski definition) is 4. The number of nitrogens with zero attached hydrogens (tertiary/aromatic N) is 1. The van der Waals surface area contributed by atoms with Crippen LogP contribution in [0.5, 0.6) is 5.75 Å². The number of benzene rings is 2. The average molecular weight is 436 g/mol. The van der Waals surface area contributed by atoms with Crippen molar-refractivity contribution in [3.05, 3.63) is 68.5 Å². The van der Waals surface area contributed by atoms with E-state index >= 15 is 0 Å². The summed E-state index contributed by atoms with van der Waals surface area (Å²) in [5, 5.41) is 0.470. The Morgan fingerprint density at radius 2 is 1.79 bits per heavy atom. The summed E-state index contributed by atoms with van der Waals surface area (Å²) >= 11 is 13.4. The molecule has 1 aliphatic heterocycles. The van der Waals surface area contributed by atoms with Crippen molar-refractivity contribution in [2.75, 3.05) is 13.2 Å². The second kappa shape index (κ2) is 9.50. The van der Waals surface area contributed by atoms with Gasteiger partial charge in [-0.1, -0.05) is 53.5 Å². The number of rotatable bonds is 7. The molecule has 0 N–H and O–H groups in total. The summed E-state index contributed by atoms with van der Waals surface area (Å²) < 4.78 is 5.41. The molecule has 1 saturated heterocycles. The van der Waals surface area contributed by atoms with Crippen LogP contribution < -0.4 is 4.74 Å². The topological polar surface area (TPSA) is 46.6 Å². The molecule has 146 valence electrons. The van der Waals surface area contributed by atoms with Crippen LogP contribution in [0.1, 0.15) is 24.5 Å². The highest BCUT2D eigenvalue weighted by Crippen LogP contribution is 2.37. The van der Waals surface area contributed by atoms with Crippen LogP contribution >= 0.6 is 35.0 Å². The van der Waals surface area contributed by atoms with Crippen molar-refractivity contribution < 1.29 is 14.3 Å². The van der Waals surface area contributed by atoms with Gasteiger partial charge in [-0.15, -0.1) is 0 Å². The first-order valence-electron chi connectivity index (χ1n) is 8.90. The molecule has 0 spiro atoms. The Morgan fingerprint density at radius 1 is 1.11 bits per heavy atom. The van der Waals surface area contributed by atoms with Gasteiger partial charge in [0.2, 0.25) is 0 Å². The van der Waals surface area contributed by atoms with E-state index in [0.717, 1.165) is 24.6 Å². The first-order valence-corrected chi connectivity index (χ1v) is 10.5. The quantitative estimate of drug-likeness (QED) is 0.495. The molecule has 3 rings (SSSR count). The summed E-state index contributed by atoms with van der Waals surface area (Å²) in [6, 6.07) is 13.3. The number of ether oxygens (including phenoxy) is 1. The predicted molar refractivity (Wildman–Crippen MR) is 115 cm³/mol. The number of hydrogen-bond donors (Lipinski definition) is 0. The molecule has 4 nitrogen and oxygen atoms in total. The van der Waals surface area contributed by atoms with E-state index in [0.29, 0.717) is 39.4 Å². The van der Waals surface area contributed by atoms with E-state index in [4.69, 9.17) is 27.9 Å². The number of amides is 2. The van der Waals surface area contributed by atoms with E-state index in [-0.39, 0.29) is 11.1 Å². The maximum Gasteiger partial charge on any atom is 0.293 e. The van der Waals surface area contributed by atoms with Crippen LogP contribution in [0.4, 0.5) is 4.79 Å². The van der Waals surface area contributed by atoms with Crippen LogP contribution in [0, 0.1) is 0 Å². The van der Waals surface area contributed by atoms with Crippen LogP contribution in [-0.4, -0.2) is 29.2 Å². The largest absolute Gasteiger partial charge is 0.491 e. The summed E-state index contributed by atoms with van der Waals surface area (Å²) in [6.07, 6.45) is 3.16. The summed E-state index contributed by atoms with van der Waals surface area (Å²) in [7, 11) is 0. The third-order valence-electron chi connectivity index (χ3n) is 4.17. The SMILES string of the molecule is CCOc1c(Cl)cc(/C=C2/SC(=O)N(CCCc3ccccc3)C2=O)cc1Cl. The Hall–Kier alpha value is -1.95. The zero-order valence-corrected chi connectivity index (χ0v) is 17.6. The van der Waals surface area contributed by atoms with Crippen molar-refractivity contribution in [2.45, 2.75) is 19.8 Å². The maximum atomic E-state index is 12.6. The first-order chi connectivity index (χ1) is 13.5. The Kier molecular flexibility index (Phi) is 7.05. The average Bonchev–Trinajstić information content (AvgIpc) is 2.93. The lowest BCUT2D eigenvalue weighted by Gasteiger charge is -2.12. The van der Waals surface area contributed by atoms with Gasteiger partial charge in [0.05, 0.1) is 21.6 Å². The van der Waals surface area contributed by atoms with E-state index in [1.54, 1.807) is 18.2 Å². The van der Waals surface area contributed by atoms with Gasteiger partial charge in [-0.3, -0.25) is 14.5 Å². The number of thioether (sulfide) groups is 1. The normalized spacial score (nSPS) is 15.5. The van der Waals surface area contributed by atoms with Crippen LogP contribution in [0.3, 0.4) is 0 Å². The lowest BCUT2D eigenvalue weighted by Crippen LogP contribution is -2.29. The van der Waals surface area contributed by atoms with E-state index < -0.39 is 0 Å². The van der Waals surface area contributed by atoms with E-state index in [1.165, 1.54) is 10.5 Å². The minimum Gasteiger partial charge on any atom is -0.491 e. The van der Waals surface area contributed by atoms with Gasteiger partial charge in [-0.05, 0) is 60.9 Å². The number of imide groups is 1. The van der Waals surface area contributed by atoms with Gasteiger partial charge in [-0.25, -0.2) is 0 Å². The molecule has 7 heteroatoms. The van der Waals surface area contributed by atoms with Gasteiger partial charge >= 0.3 is 0 Å². The van der Waals surface area contributed by atoms with Crippen LogP contribution in [0.25, 0.3) is 6.08 Å². The first kappa shape index (κ1) is 20.8. The van der Waals surface area contributed by atoms with Crippen molar-refractivity contribution in [1.29, 1.82) is 0 Å². The van der Waals surface area contributed by atoms with Crippen molar-refractivity contribution in [2.24, 2.45) is 0 Å². The van der Waals surface area contributed by atoms with Gasteiger partial charge in [0.1, 0.15) is 0 Å². The molecule has 1 fully saturated rings. The maximum absolute atomic E-state index is 12.6. The van der Waals surface area contributed by atoms with Crippen molar-refractivity contribution in [3.63, 3.8) is 0 Å². The second-order valence-electron chi connectivity index (χ2n) is 6.17. The lowest BCUT2D eigenvalue weighted by molar-refractivity contribution is -0.122. The number of halogens is 2. The third kappa shape index (κ3) is 4.90. The molecule has 1 heterocycles. The number of carbonyl (C=O) groups is 2. The Balaban J connectivity index is 1.69. The molecule has 0 bridgehead atoms. The molecular formula is C21H19Cl2NO3S. The molecule has 0 atom stereocenters. The van der Waals surface area contributed by atoms with Crippen LogP contribution in [-0.2, 0) is 11.2 Å². The fourth-order valence-corrected chi connectivity index (χ4v) is 4.35. The monoisotopic (exact) mass is 435 g/mol. The standard InChI is InChI=1S/C21H19Cl2NO3S/c1-2-27-19-16(22)11-15(12-17(19)23)13-18-20(25)24(21(26)28-18)10-6-9-14-7-4-3-5-8-14/h3-5,7-8,11-13H,2,6,9-10H2,1H3/b18-13+. The van der Waals surface area contributed by atoms with Crippen molar-refractivity contribution in [1.82, 2.24) is 4.90 Å². The minimum atomic E-state index is -0.288. The highest BCUT2D eigenvalue weighted by atomic mass is 35.5.